The molecule has 90 valence electrons. The Morgan fingerprint density at radius 2 is 1.67 bits per heavy atom. The molecule has 2 heteroatoms. The molecule has 0 unspecified atom stereocenters. The summed E-state index contributed by atoms with van der Waals surface area (Å²) in [6, 6.07) is 0. The number of hydrogen-bond donors (Lipinski definition) is 1. The van der Waals surface area contributed by atoms with Crippen LogP contribution in [0, 0.1) is 5.41 Å². The Labute approximate surface area is 94.8 Å². The predicted molar refractivity (Wildman–Crippen MR) is 66.1 cm³/mol. The molecular weight excluding hydrogens is 186 g/mol. The van der Waals surface area contributed by atoms with Gasteiger partial charge in [0.25, 0.3) is 0 Å². The first-order chi connectivity index (χ1) is 6.69. The van der Waals surface area contributed by atoms with Gasteiger partial charge < -0.3 is 5.32 Å². The van der Waals surface area contributed by atoms with Crippen molar-refractivity contribution in [2.45, 2.75) is 66.3 Å². The molecule has 0 aromatic heterocycles. The Morgan fingerprint density at radius 1 is 1.13 bits per heavy atom. The van der Waals surface area contributed by atoms with Crippen LogP contribution in [0.15, 0.2) is 0 Å². The second-order valence-corrected chi connectivity index (χ2v) is 6.01. The molecule has 0 aromatic carbocycles. The summed E-state index contributed by atoms with van der Waals surface area (Å²) in [6.07, 6.45) is 3.54. The number of Topliss-reactive ketones (excluding diaryl/α,β-unsaturated/α-hetero) is 1. The fourth-order valence-corrected chi connectivity index (χ4v) is 1.29. The molecule has 0 amide bonds. The van der Waals surface area contributed by atoms with E-state index in [0.717, 1.165) is 6.42 Å². The summed E-state index contributed by atoms with van der Waals surface area (Å²) in [5.41, 5.74) is -0.148. The van der Waals surface area contributed by atoms with E-state index in [9.17, 15) is 4.79 Å². The SMILES string of the molecule is CCCCC(C)(C)NCC(=O)C(C)(C)C. The van der Waals surface area contributed by atoms with E-state index < -0.39 is 0 Å². The maximum atomic E-state index is 11.7. The molecule has 0 fully saturated rings. The van der Waals surface area contributed by atoms with Crippen molar-refractivity contribution in [3.8, 4) is 0 Å². The Bertz CT molecular complexity index is 201. The van der Waals surface area contributed by atoms with Gasteiger partial charge in [0.1, 0.15) is 0 Å². The highest BCUT2D eigenvalue weighted by atomic mass is 16.1. The molecule has 0 aliphatic carbocycles. The molecule has 0 aromatic rings. The van der Waals surface area contributed by atoms with Gasteiger partial charge in [0, 0.05) is 11.0 Å². The lowest BCUT2D eigenvalue weighted by atomic mass is 9.89. The first kappa shape index (κ1) is 14.6. The lowest BCUT2D eigenvalue weighted by molar-refractivity contribution is -0.125. The highest BCUT2D eigenvalue weighted by Crippen LogP contribution is 2.16. The molecule has 0 spiro atoms. The van der Waals surface area contributed by atoms with E-state index in [-0.39, 0.29) is 16.7 Å². The van der Waals surface area contributed by atoms with E-state index in [1.165, 1.54) is 12.8 Å². The number of ketones is 1. The van der Waals surface area contributed by atoms with Crippen molar-refractivity contribution in [3.63, 3.8) is 0 Å². The number of rotatable bonds is 6. The Kier molecular flexibility index (Phi) is 5.50. The van der Waals surface area contributed by atoms with Crippen molar-refractivity contribution in [3.05, 3.63) is 0 Å². The van der Waals surface area contributed by atoms with Crippen LogP contribution in [0.1, 0.15) is 60.8 Å². The van der Waals surface area contributed by atoms with Gasteiger partial charge in [-0.25, -0.2) is 0 Å². The first-order valence-electron chi connectivity index (χ1n) is 5.97. The zero-order valence-corrected chi connectivity index (χ0v) is 11.2. The van der Waals surface area contributed by atoms with E-state index in [1.54, 1.807) is 0 Å². The van der Waals surface area contributed by atoms with Crippen molar-refractivity contribution < 1.29 is 4.79 Å². The molecule has 0 aliphatic rings. The highest BCUT2D eigenvalue weighted by Gasteiger charge is 2.24. The Balaban J connectivity index is 3.98. The average Bonchev–Trinajstić information content (AvgIpc) is 2.09. The molecule has 0 radical (unpaired) electrons. The molecule has 0 saturated heterocycles. The predicted octanol–water partition coefficient (Wildman–Crippen LogP) is 3.16. The highest BCUT2D eigenvalue weighted by molar-refractivity contribution is 5.85. The Morgan fingerprint density at radius 3 is 2.07 bits per heavy atom. The van der Waals surface area contributed by atoms with E-state index >= 15 is 0 Å². The molecule has 0 atom stereocenters. The lowest BCUT2D eigenvalue weighted by Crippen LogP contribution is -2.44. The van der Waals surface area contributed by atoms with E-state index in [4.69, 9.17) is 0 Å². The minimum absolute atomic E-state index is 0.0803. The number of carbonyl (C=O) groups excluding carboxylic acids is 1. The summed E-state index contributed by atoms with van der Waals surface area (Å²) in [5.74, 6) is 0.284. The monoisotopic (exact) mass is 213 g/mol. The summed E-state index contributed by atoms with van der Waals surface area (Å²) in [4.78, 5) is 11.7. The topological polar surface area (TPSA) is 29.1 Å². The van der Waals surface area contributed by atoms with Gasteiger partial charge in [0.15, 0.2) is 5.78 Å². The zero-order chi connectivity index (χ0) is 12.1. The van der Waals surface area contributed by atoms with Crippen molar-refractivity contribution in [1.29, 1.82) is 0 Å². The van der Waals surface area contributed by atoms with Gasteiger partial charge in [-0.15, -0.1) is 0 Å². The number of hydrogen-bond acceptors (Lipinski definition) is 2. The van der Waals surface area contributed by atoms with Crippen molar-refractivity contribution in [2.24, 2.45) is 5.41 Å². The molecule has 0 bridgehead atoms. The third kappa shape index (κ3) is 6.67. The van der Waals surface area contributed by atoms with Gasteiger partial charge in [-0.2, -0.15) is 0 Å². The number of nitrogens with one attached hydrogen (secondary N) is 1. The van der Waals surface area contributed by atoms with Crippen molar-refractivity contribution in [1.82, 2.24) is 5.32 Å². The van der Waals surface area contributed by atoms with Crippen LogP contribution < -0.4 is 5.32 Å². The summed E-state index contributed by atoms with van der Waals surface area (Å²) < 4.78 is 0. The smallest absolute Gasteiger partial charge is 0.151 e. The van der Waals surface area contributed by atoms with Gasteiger partial charge in [0.05, 0.1) is 6.54 Å². The maximum Gasteiger partial charge on any atom is 0.151 e. The molecule has 0 saturated carbocycles. The quantitative estimate of drug-likeness (QED) is 0.734. The molecule has 1 N–H and O–H groups in total. The summed E-state index contributed by atoms with van der Waals surface area (Å²) in [5, 5.41) is 3.35. The number of carbonyl (C=O) groups is 1. The average molecular weight is 213 g/mol. The van der Waals surface area contributed by atoms with Crippen LogP contribution in [0.5, 0.6) is 0 Å². The zero-order valence-electron chi connectivity index (χ0n) is 11.2. The van der Waals surface area contributed by atoms with E-state index in [2.05, 4.69) is 26.1 Å². The van der Waals surface area contributed by atoms with Crippen LogP contribution in [0.3, 0.4) is 0 Å². The fourth-order valence-electron chi connectivity index (χ4n) is 1.29. The first-order valence-corrected chi connectivity index (χ1v) is 5.97. The fraction of sp³-hybridized carbons (Fsp3) is 0.923. The second-order valence-electron chi connectivity index (χ2n) is 6.01. The minimum Gasteiger partial charge on any atom is -0.305 e. The molecule has 2 nitrogen and oxygen atoms in total. The molecule has 15 heavy (non-hydrogen) atoms. The third-order valence-electron chi connectivity index (χ3n) is 2.72. The summed E-state index contributed by atoms with van der Waals surface area (Å²) >= 11 is 0. The van der Waals surface area contributed by atoms with Crippen LogP contribution in [-0.4, -0.2) is 17.9 Å². The molecule has 0 aliphatic heterocycles. The summed E-state index contributed by atoms with van der Waals surface area (Å²) in [7, 11) is 0. The van der Waals surface area contributed by atoms with Crippen LogP contribution in [0.2, 0.25) is 0 Å². The normalized spacial score (nSPS) is 12.9. The van der Waals surface area contributed by atoms with Gasteiger partial charge in [-0.05, 0) is 20.3 Å². The second kappa shape index (κ2) is 5.64. The minimum atomic E-state index is -0.228. The van der Waals surface area contributed by atoms with E-state index in [1.807, 2.05) is 20.8 Å². The standard InChI is InChI=1S/C13H27NO/c1-7-8-9-13(5,6)14-10-11(15)12(2,3)4/h14H,7-10H2,1-6H3. The lowest BCUT2D eigenvalue weighted by Gasteiger charge is -2.28. The van der Waals surface area contributed by atoms with E-state index in [0.29, 0.717) is 6.54 Å². The number of unbranched alkanes of at least 4 members (excludes halogenated alkanes) is 1. The van der Waals surface area contributed by atoms with Gasteiger partial charge in [0.2, 0.25) is 0 Å². The third-order valence-corrected chi connectivity index (χ3v) is 2.72. The van der Waals surface area contributed by atoms with Gasteiger partial charge in [-0.1, -0.05) is 40.5 Å². The Hall–Kier alpha value is -0.370. The van der Waals surface area contributed by atoms with Crippen LogP contribution >= 0.6 is 0 Å². The maximum absolute atomic E-state index is 11.7. The molecule has 0 heterocycles. The molecule has 0 rings (SSSR count). The largest absolute Gasteiger partial charge is 0.305 e. The van der Waals surface area contributed by atoms with Crippen LogP contribution in [0.25, 0.3) is 0 Å². The van der Waals surface area contributed by atoms with Crippen molar-refractivity contribution in [2.75, 3.05) is 6.54 Å². The summed E-state index contributed by atoms with van der Waals surface area (Å²) in [6.45, 7) is 12.9. The van der Waals surface area contributed by atoms with Crippen molar-refractivity contribution >= 4 is 5.78 Å². The van der Waals surface area contributed by atoms with Crippen LogP contribution in [-0.2, 0) is 4.79 Å². The van der Waals surface area contributed by atoms with Crippen LogP contribution in [0.4, 0.5) is 0 Å². The van der Waals surface area contributed by atoms with Gasteiger partial charge >= 0.3 is 0 Å². The molecular formula is C13H27NO. The van der Waals surface area contributed by atoms with Gasteiger partial charge in [-0.3, -0.25) is 4.79 Å².